The molecule has 0 spiro atoms. The van der Waals surface area contributed by atoms with Gasteiger partial charge >= 0.3 is 0 Å². The molecule has 0 N–H and O–H groups in total. The van der Waals surface area contributed by atoms with Gasteiger partial charge in [0.15, 0.2) is 0 Å². The van der Waals surface area contributed by atoms with E-state index in [9.17, 15) is 0 Å². The lowest BCUT2D eigenvalue weighted by Crippen LogP contribution is -2.41. The van der Waals surface area contributed by atoms with Gasteiger partial charge in [0.1, 0.15) is 0 Å². The van der Waals surface area contributed by atoms with Crippen molar-refractivity contribution in [3.8, 4) is 0 Å². The van der Waals surface area contributed by atoms with Crippen molar-refractivity contribution in [2.75, 3.05) is 0 Å². The number of allylic oxidation sites excluding steroid dienone is 5. The van der Waals surface area contributed by atoms with Gasteiger partial charge in [-0.05, 0) is 43.8 Å². The highest BCUT2D eigenvalue weighted by Gasteiger charge is 2.40. The summed E-state index contributed by atoms with van der Waals surface area (Å²) in [5.74, 6) is 0.635. The molecule has 0 aromatic carbocycles. The van der Waals surface area contributed by atoms with Gasteiger partial charge < -0.3 is 4.90 Å². The maximum absolute atomic E-state index is 2.72. The molecular weight excluding hydrogens is 230 g/mol. The molecule has 0 fully saturated rings. The van der Waals surface area contributed by atoms with Crippen molar-refractivity contribution < 1.29 is 0 Å². The van der Waals surface area contributed by atoms with Gasteiger partial charge in [0.2, 0.25) is 0 Å². The maximum atomic E-state index is 2.72. The Hall–Kier alpha value is -1.50. The topological polar surface area (TPSA) is 3.24 Å². The fourth-order valence-corrected chi connectivity index (χ4v) is 4.07. The fourth-order valence-electron chi connectivity index (χ4n) is 4.07. The molecule has 1 aliphatic heterocycles. The van der Waals surface area contributed by atoms with Crippen LogP contribution in [0.5, 0.6) is 0 Å². The van der Waals surface area contributed by atoms with Gasteiger partial charge in [-0.15, -0.1) is 0 Å². The zero-order chi connectivity index (χ0) is 12.7. The van der Waals surface area contributed by atoms with Gasteiger partial charge in [-0.3, -0.25) is 0 Å². The molecular formula is C18H21N. The first-order valence-electron chi connectivity index (χ1n) is 7.63. The summed E-state index contributed by atoms with van der Waals surface area (Å²) in [7, 11) is 0. The third kappa shape index (κ3) is 1.75. The van der Waals surface area contributed by atoms with Crippen LogP contribution in [0.25, 0.3) is 0 Å². The molecule has 3 aliphatic carbocycles. The van der Waals surface area contributed by atoms with E-state index in [1.165, 1.54) is 37.8 Å². The average molecular weight is 251 g/mol. The van der Waals surface area contributed by atoms with Crippen LogP contribution >= 0.6 is 0 Å². The van der Waals surface area contributed by atoms with E-state index in [0.29, 0.717) is 18.0 Å². The van der Waals surface area contributed by atoms with E-state index in [4.69, 9.17) is 0 Å². The highest BCUT2D eigenvalue weighted by molar-refractivity contribution is 5.43. The predicted molar refractivity (Wildman–Crippen MR) is 79.6 cm³/mol. The third-order valence-corrected chi connectivity index (χ3v) is 4.93. The second-order valence-electron chi connectivity index (χ2n) is 5.98. The van der Waals surface area contributed by atoms with Crippen LogP contribution in [-0.4, -0.2) is 17.0 Å². The number of rotatable bonds is 1. The van der Waals surface area contributed by atoms with Gasteiger partial charge in [0.25, 0.3) is 0 Å². The molecule has 3 atom stereocenters. The van der Waals surface area contributed by atoms with Crippen LogP contribution in [-0.2, 0) is 0 Å². The molecule has 0 amide bonds. The summed E-state index contributed by atoms with van der Waals surface area (Å²) < 4.78 is 0. The Kier molecular flexibility index (Phi) is 2.72. The molecule has 1 heterocycles. The predicted octanol–water partition coefficient (Wildman–Crippen LogP) is 4.13. The van der Waals surface area contributed by atoms with E-state index in [2.05, 4.69) is 53.5 Å². The Morgan fingerprint density at radius 1 is 1.00 bits per heavy atom. The molecule has 4 rings (SSSR count). The maximum Gasteiger partial charge on any atom is 0.0580 e. The lowest BCUT2D eigenvalue weighted by atomic mass is 9.87. The Morgan fingerprint density at radius 3 is 2.84 bits per heavy atom. The van der Waals surface area contributed by atoms with Crippen LogP contribution in [0.4, 0.5) is 0 Å². The molecule has 0 aromatic rings. The molecule has 0 bridgehead atoms. The molecule has 0 saturated heterocycles. The van der Waals surface area contributed by atoms with Gasteiger partial charge in [-0.25, -0.2) is 0 Å². The highest BCUT2D eigenvalue weighted by atomic mass is 15.2. The van der Waals surface area contributed by atoms with Crippen LogP contribution in [0.3, 0.4) is 0 Å². The zero-order valence-electron chi connectivity index (χ0n) is 11.3. The quantitative estimate of drug-likeness (QED) is 0.633. The monoisotopic (exact) mass is 251 g/mol. The smallest absolute Gasteiger partial charge is 0.0580 e. The van der Waals surface area contributed by atoms with Crippen molar-refractivity contribution >= 4 is 0 Å². The van der Waals surface area contributed by atoms with Crippen LogP contribution in [0.1, 0.15) is 32.1 Å². The van der Waals surface area contributed by atoms with Gasteiger partial charge in [0.05, 0.1) is 6.04 Å². The number of nitrogens with zero attached hydrogens (tertiary/aromatic N) is 1. The zero-order valence-corrected chi connectivity index (χ0v) is 11.3. The van der Waals surface area contributed by atoms with Crippen molar-refractivity contribution in [2.24, 2.45) is 5.92 Å². The Bertz CT molecular complexity index is 518. The van der Waals surface area contributed by atoms with E-state index < -0.39 is 0 Å². The second kappa shape index (κ2) is 4.56. The number of fused-ring (bicyclic) bond motifs is 2. The molecule has 1 heteroatoms. The first-order valence-corrected chi connectivity index (χ1v) is 7.63. The molecule has 0 radical (unpaired) electrons. The standard InChI is InChI=1S/C18H21N/c1-2-8-14(9-3-1)19-17-12-6-4-10-15(17)16-11-5-7-13-18(16)19/h1-2,4,6-7,10,12-15,17H,3,5,8-9,11H2. The van der Waals surface area contributed by atoms with Crippen molar-refractivity contribution in [1.29, 1.82) is 0 Å². The number of hydrogen-bond donors (Lipinski definition) is 0. The summed E-state index contributed by atoms with van der Waals surface area (Å²) in [6.45, 7) is 0. The molecule has 0 saturated carbocycles. The van der Waals surface area contributed by atoms with Crippen molar-refractivity contribution in [3.63, 3.8) is 0 Å². The Morgan fingerprint density at radius 2 is 1.95 bits per heavy atom. The minimum absolute atomic E-state index is 0.578. The van der Waals surface area contributed by atoms with E-state index in [-0.39, 0.29) is 0 Å². The van der Waals surface area contributed by atoms with Crippen LogP contribution in [0, 0.1) is 5.92 Å². The molecule has 98 valence electrons. The minimum Gasteiger partial charge on any atom is -0.361 e. The lowest BCUT2D eigenvalue weighted by molar-refractivity contribution is 0.210. The first-order chi connectivity index (χ1) is 9.45. The molecule has 3 unspecified atom stereocenters. The van der Waals surface area contributed by atoms with E-state index in [0.717, 1.165) is 0 Å². The SMILES string of the molecule is C1=CC2C3=C(C=CCC3)N(C3CC=CCC3)C2C=C1. The molecule has 19 heavy (non-hydrogen) atoms. The summed E-state index contributed by atoms with van der Waals surface area (Å²) in [6, 6.07) is 1.28. The molecule has 1 nitrogen and oxygen atoms in total. The Labute approximate surface area is 115 Å². The summed E-state index contributed by atoms with van der Waals surface area (Å²) in [4.78, 5) is 2.72. The molecule has 0 aromatic heterocycles. The van der Waals surface area contributed by atoms with Gasteiger partial charge in [-0.2, -0.15) is 0 Å². The normalized spacial score (nSPS) is 35.8. The average Bonchev–Trinajstić information content (AvgIpc) is 2.83. The fraction of sp³-hybridized carbons (Fsp3) is 0.444. The van der Waals surface area contributed by atoms with Crippen LogP contribution < -0.4 is 0 Å². The highest BCUT2D eigenvalue weighted by Crippen LogP contribution is 2.44. The second-order valence-corrected chi connectivity index (χ2v) is 5.98. The summed E-state index contributed by atoms with van der Waals surface area (Å²) in [5, 5.41) is 0. The van der Waals surface area contributed by atoms with Crippen LogP contribution in [0.15, 0.2) is 59.9 Å². The van der Waals surface area contributed by atoms with E-state index in [1.807, 2.05) is 0 Å². The van der Waals surface area contributed by atoms with E-state index in [1.54, 1.807) is 5.57 Å². The largest absolute Gasteiger partial charge is 0.361 e. The van der Waals surface area contributed by atoms with E-state index >= 15 is 0 Å². The van der Waals surface area contributed by atoms with Gasteiger partial charge in [-0.1, -0.05) is 42.5 Å². The molecule has 4 aliphatic rings. The lowest BCUT2D eigenvalue weighted by Gasteiger charge is -2.38. The van der Waals surface area contributed by atoms with Crippen molar-refractivity contribution in [3.05, 3.63) is 59.9 Å². The third-order valence-electron chi connectivity index (χ3n) is 4.93. The van der Waals surface area contributed by atoms with Crippen molar-refractivity contribution in [1.82, 2.24) is 4.90 Å². The Balaban J connectivity index is 1.73. The van der Waals surface area contributed by atoms with Crippen LogP contribution in [0.2, 0.25) is 0 Å². The summed E-state index contributed by atoms with van der Waals surface area (Å²) in [5.41, 5.74) is 3.22. The number of hydrogen-bond acceptors (Lipinski definition) is 1. The van der Waals surface area contributed by atoms with Crippen molar-refractivity contribution in [2.45, 2.75) is 44.2 Å². The summed E-state index contributed by atoms with van der Waals surface area (Å²) >= 11 is 0. The minimum atomic E-state index is 0.578. The first kappa shape index (κ1) is 11.3. The van der Waals surface area contributed by atoms with Gasteiger partial charge in [0, 0.05) is 17.7 Å². The summed E-state index contributed by atoms with van der Waals surface area (Å²) in [6.07, 6.45) is 25.0.